The maximum absolute atomic E-state index is 13.9. The number of esters is 1. The van der Waals surface area contributed by atoms with E-state index in [1.54, 1.807) is 13.0 Å². The Morgan fingerprint density at radius 2 is 2.14 bits per heavy atom. The molecule has 0 radical (unpaired) electrons. The summed E-state index contributed by atoms with van der Waals surface area (Å²) >= 11 is 3.07. The van der Waals surface area contributed by atoms with Gasteiger partial charge in [0.05, 0.1) is 17.5 Å². The molecule has 1 aliphatic rings. The van der Waals surface area contributed by atoms with Crippen molar-refractivity contribution >= 4 is 27.8 Å². The Labute approximate surface area is 129 Å². The number of phenolic OH excluding ortho intramolecular Hbond substituents is 1. The Hall–Kier alpha value is -1.63. The van der Waals surface area contributed by atoms with Crippen molar-refractivity contribution in [3.05, 3.63) is 27.5 Å². The molecule has 7 heteroatoms. The van der Waals surface area contributed by atoms with Gasteiger partial charge in [0.15, 0.2) is 11.6 Å². The second-order valence-corrected chi connectivity index (χ2v) is 5.57. The van der Waals surface area contributed by atoms with E-state index in [-0.39, 0.29) is 42.9 Å². The van der Waals surface area contributed by atoms with Gasteiger partial charge in [-0.3, -0.25) is 9.59 Å². The molecule has 0 aliphatic carbocycles. The van der Waals surface area contributed by atoms with Crippen molar-refractivity contribution in [1.29, 1.82) is 0 Å². The van der Waals surface area contributed by atoms with Crippen molar-refractivity contribution in [1.82, 2.24) is 4.90 Å². The van der Waals surface area contributed by atoms with Gasteiger partial charge in [0, 0.05) is 25.1 Å². The number of benzene rings is 1. The van der Waals surface area contributed by atoms with E-state index in [4.69, 9.17) is 4.74 Å². The molecule has 0 saturated heterocycles. The zero-order chi connectivity index (χ0) is 15.6. The monoisotopic (exact) mass is 359 g/mol. The van der Waals surface area contributed by atoms with E-state index < -0.39 is 17.5 Å². The number of hydrogen-bond acceptors (Lipinski definition) is 4. The summed E-state index contributed by atoms with van der Waals surface area (Å²) in [5.74, 6) is -1.82. The summed E-state index contributed by atoms with van der Waals surface area (Å²) in [5.41, 5.74) is 0.974. The fraction of sp³-hybridized carbons (Fsp3) is 0.429. The normalized spacial score (nSPS) is 13.2. The van der Waals surface area contributed by atoms with Crippen LogP contribution in [0.2, 0.25) is 0 Å². The van der Waals surface area contributed by atoms with Gasteiger partial charge in [0.2, 0.25) is 5.91 Å². The Bertz CT molecular complexity index is 591. The molecule has 21 heavy (non-hydrogen) atoms. The number of phenols is 1. The molecule has 1 N–H and O–H groups in total. The zero-order valence-electron chi connectivity index (χ0n) is 11.5. The molecule has 0 aromatic heterocycles. The zero-order valence-corrected chi connectivity index (χ0v) is 13.1. The van der Waals surface area contributed by atoms with Crippen LogP contribution in [0.4, 0.5) is 4.39 Å². The largest absolute Gasteiger partial charge is 0.504 e. The Kier molecular flexibility index (Phi) is 4.82. The summed E-state index contributed by atoms with van der Waals surface area (Å²) in [7, 11) is 0. The molecule has 1 amide bonds. The van der Waals surface area contributed by atoms with Gasteiger partial charge >= 0.3 is 5.97 Å². The summed E-state index contributed by atoms with van der Waals surface area (Å²) in [4.78, 5) is 24.7. The molecule has 1 aromatic rings. The second kappa shape index (κ2) is 6.43. The highest BCUT2D eigenvalue weighted by atomic mass is 79.9. The lowest BCUT2D eigenvalue weighted by molar-refractivity contribution is -0.145. The first kappa shape index (κ1) is 15.8. The smallest absolute Gasteiger partial charge is 0.306 e. The predicted octanol–water partition coefficient (Wildman–Crippen LogP) is 2.48. The standard InChI is InChI=1S/C14H15BrFNO4/c1-2-21-12(19)4-3-11(18)17-6-8-5-10(15)14(20)13(16)9(8)7-17/h5,20H,2-4,6-7H2,1H3. The molecule has 114 valence electrons. The maximum atomic E-state index is 13.9. The third kappa shape index (κ3) is 3.34. The molecular formula is C14H15BrFNO4. The summed E-state index contributed by atoms with van der Waals surface area (Å²) in [5, 5.41) is 9.54. The maximum Gasteiger partial charge on any atom is 0.306 e. The van der Waals surface area contributed by atoms with E-state index in [9.17, 15) is 19.1 Å². The number of fused-ring (bicyclic) bond motifs is 1. The van der Waals surface area contributed by atoms with Gasteiger partial charge in [-0.15, -0.1) is 0 Å². The fourth-order valence-corrected chi connectivity index (χ4v) is 2.69. The van der Waals surface area contributed by atoms with Gasteiger partial charge in [-0.25, -0.2) is 4.39 Å². The number of ether oxygens (including phenoxy) is 1. The Morgan fingerprint density at radius 3 is 2.81 bits per heavy atom. The van der Waals surface area contributed by atoms with Crippen LogP contribution in [-0.4, -0.2) is 28.5 Å². The van der Waals surface area contributed by atoms with Crippen molar-refractivity contribution in [2.24, 2.45) is 0 Å². The number of nitrogens with zero attached hydrogens (tertiary/aromatic N) is 1. The molecule has 1 heterocycles. The van der Waals surface area contributed by atoms with E-state index >= 15 is 0 Å². The average Bonchev–Trinajstić information content (AvgIpc) is 2.86. The van der Waals surface area contributed by atoms with E-state index in [1.165, 1.54) is 4.90 Å². The molecule has 1 aromatic carbocycles. The minimum atomic E-state index is -0.708. The Balaban J connectivity index is 2.01. The number of aromatic hydroxyl groups is 1. The van der Waals surface area contributed by atoms with E-state index in [1.807, 2.05) is 0 Å². The number of rotatable bonds is 4. The van der Waals surface area contributed by atoms with Crippen LogP contribution in [0.25, 0.3) is 0 Å². The van der Waals surface area contributed by atoms with Crippen molar-refractivity contribution in [3.8, 4) is 5.75 Å². The van der Waals surface area contributed by atoms with Gasteiger partial charge in [-0.1, -0.05) is 0 Å². The van der Waals surface area contributed by atoms with Crippen LogP contribution in [0, 0.1) is 5.82 Å². The van der Waals surface area contributed by atoms with Crippen molar-refractivity contribution in [3.63, 3.8) is 0 Å². The van der Waals surface area contributed by atoms with Gasteiger partial charge in [-0.2, -0.15) is 0 Å². The number of carbonyl (C=O) groups is 2. The lowest BCUT2D eigenvalue weighted by Crippen LogP contribution is -2.26. The van der Waals surface area contributed by atoms with Gasteiger partial charge in [-0.05, 0) is 34.5 Å². The van der Waals surface area contributed by atoms with Crippen molar-refractivity contribution in [2.45, 2.75) is 32.9 Å². The molecule has 0 bridgehead atoms. The van der Waals surface area contributed by atoms with Crippen LogP contribution in [0.3, 0.4) is 0 Å². The molecule has 5 nitrogen and oxygen atoms in total. The molecule has 1 aliphatic heterocycles. The molecule has 0 fully saturated rings. The molecule has 2 rings (SSSR count). The molecule has 0 spiro atoms. The lowest BCUT2D eigenvalue weighted by Gasteiger charge is -2.14. The van der Waals surface area contributed by atoms with E-state index in [0.717, 1.165) is 0 Å². The summed E-state index contributed by atoms with van der Waals surface area (Å²) in [6.45, 7) is 2.35. The second-order valence-electron chi connectivity index (χ2n) is 4.71. The quantitative estimate of drug-likeness (QED) is 0.838. The number of halogens is 2. The number of hydrogen-bond donors (Lipinski definition) is 1. The SMILES string of the molecule is CCOC(=O)CCC(=O)N1Cc2cc(Br)c(O)c(F)c2C1. The first-order valence-electron chi connectivity index (χ1n) is 6.56. The number of amides is 1. The van der Waals surface area contributed by atoms with E-state index in [2.05, 4.69) is 15.9 Å². The van der Waals surface area contributed by atoms with Crippen LogP contribution in [-0.2, 0) is 27.4 Å². The Morgan fingerprint density at radius 1 is 1.43 bits per heavy atom. The summed E-state index contributed by atoms with van der Waals surface area (Å²) < 4.78 is 18.9. The minimum Gasteiger partial charge on any atom is -0.504 e. The highest BCUT2D eigenvalue weighted by Crippen LogP contribution is 2.36. The molecule has 0 atom stereocenters. The van der Waals surface area contributed by atoms with Gasteiger partial charge < -0.3 is 14.7 Å². The van der Waals surface area contributed by atoms with Gasteiger partial charge in [0.1, 0.15) is 0 Å². The highest BCUT2D eigenvalue weighted by molar-refractivity contribution is 9.10. The van der Waals surface area contributed by atoms with Crippen LogP contribution in [0.5, 0.6) is 5.75 Å². The van der Waals surface area contributed by atoms with Crippen LogP contribution in [0.1, 0.15) is 30.9 Å². The predicted molar refractivity (Wildman–Crippen MR) is 75.9 cm³/mol. The molecule has 0 saturated carbocycles. The van der Waals surface area contributed by atoms with Crippen molar-refractivity contribution < 1.29 is 23.8 Å². The van der Waals surface area contributed by atoms with Crippen molar-refractivity contribution in [2.75, 3.05) is 6.61 Å². The third-order valence-electron chi connectivity index (χ3n) is 3.30. The molecular weight excluding hydrogens is 345 g/mol. The first-order valence-corrected chi connectivity index (χ1v) is 7.35. The summed E-state index contributed by atoms with van der Waals surface area (Å²) in [6, 6.07) is 1.60. The first-order chi connectivity index (χ1) is 9.93. The molecule has 0 unspecified atom stereocenters. The van der Waals surface area contributed by atoms with Crippen LogP contribution in [0.15, 0.2) is 10.5 Å². The topological polar surface area (TPSA) is 66.8 Å². The highest BCUT2D eigenvalue weighted by Gasteiger charge is 2.28. The average molecular weight is 360 g/mol. The van der Waals surface area contributed by atoms with E-state index in [0.29, 0.717) is 11.1 Å². The van der Waals surface area contributed by atoms with Crippen LogP contribution >= 0.6 is 15.9 Å². The lowest BCUT2D eigenvalue weighted by atomic mass is 10.1. The van der Waals surface area contributed by atoms with Crippen LogP contribution < -0.4 is 0 Å². The third-order valence-corrected chi connectivity index (χ3v) is 3.90. The minimum absolute atomic E-state index is 0.0109. The summed E-state index contributed by atoms with van der Waals surface area (Å²) in [6.07, 6.45) is 0.0402. The number of carbonyl (C=O) groups excluding carboxylic acids is 2. The fourth-order valence-electron chi connectivity index (χ4n) is 2.24. The van der Waals surface area contributed by atoms with Gasteiger partial charge in [0.25, 0.3) is 0 Å².